The number of amides is 2. The minimum absolute atomic E-state index is 0.0537. The maximum absolute atomic E-state index is 13.9. The number of likely N-dealkylation sites (N-methyl/N-ethyl adjacent to an activating group) is 1. The molecule has 2 fully saturated rings. The van der Waals surface area contributed by atoms with E-state index >= 15 is 0 Å². The standard InChI is InChI=1S/C46H44N8O2S/c1-52(2)41(34-11-5-3-6-12-34)46(56)54-26-10-16-40(54)43-48-28-37(50-43)33-23-19-31(20-24-33)30-17-21-32(22-18-30)36-27-47-42(49-36)39-15-9-25-53(39)45(55)38-29-57-44(51-38)35-13-7-4-8-14-35/h3-8,11-14,17-24,27-29,39-41H,9-10,15-16,25-26H2,1-2H3,(H,47,49)(H,48,50)/t39-,40-,41+/m0/s1. The molecule has 2 amide bonds. The van der Waals surface area contributed by atoms with E-state index in [4.69, 9.17) is 9.97 Å². The third-order valence-electron chi connectivity index (χ3n) is 11.2. The molecule has 57 heavy (non-hydrogen) atoms. The van der Waals surface area contributed by atoms with E-state index in [0.29, 0.717) is 12.2 Å². The number of carbonyl (C=O) groups is 2. The van der Waals surface area contributed by atoms with Crippen LogP contribution in [0.15, 0.2) is 127 Å². The first-order valence-corrected chi connectivity index (χ1v) is 20.4. The van der Waals surface area contributed by atoms with Crippen LogP contribution in [0.3, 0.4) is 0 Å². The smallest absolute Gasteiger partial charge is 0.273 e. The lowest BCUT2D eigenvalue weighted by Crippen LogP contribution is -2.40. The molecular formula is C46H44N8O2S. The molecule has 7 aromatic rings. The summed E-state index contributed by atoms with van der Waals surface area (Å²) in [7, 11) is 3.92. The number of rotatable bonds is 10. The van der Waals surface area contributed by atoms with Crippen LogP contribution in [0.4, 0.5) is 0 Å². The van der Waals surface area contributed by atoms with Gasteiger partial charge in [0.05, 0.1) is 35.9 Å². The number of hydrogen-bond acceptors (Lipinski definition) is 7. The van der Waals surface area contributed by atoms with Crippen molar-refractivity contribution in [1.29, 1.82) is 0 Å². The molecule has 5 heterocycles. The van der Waals surface area contributed by atoms with Gasteiger partial charge >= 0.3 is 0 Å². The average Bonchev–Trinajstić information content (AvgIpc) is 4.11. The van der Waals surface area contributed by atoms with Crippen molar-refractivity contribution in [3.8, 4) is 44.2 Å². The molecule has 2 aliphatic rings. The summed E-state index contributed by atoms with van der Waals surface area (Å²) in [6, 6.07) is 36.3. The number of benzene rings is 4. The SMILES string of the molecule is CN(C)[C@@H](C(=O)N1CCC[C@H]1c1ncc(-c2ccc(-c3ccc(-c4cnc([C@@H]5CCCN5C(=O)c5csc(-c6ccccc6)n5)[nH]4)cc3)cc2)[nH]1)c1ccccc1. The van der Waals surface area contributed by atoms with Gasteiger partial charge in [-0.05, 0) is 67.6 Å². The molecular weight excluding hydrogens is 729 g/mol. The van der Waals surface area contributed by atoms with Crippen molar-refractivity contribution in [1.82, 2.24) is 39.6 Å². The molecule has 2 N–H and O–H groups in total. The highest BCUT2D eigenvalue weighted by Gasteiger charge is 2.37. The van der Waals surface area contributed by atoms with E-state index in [1.807, 2.05) is 107 Å². The Morgan fingerprint density at radius 3 is 1.74 bits per heavy atom. The first-order chi connectivity index (χ1) is 27.9. The van der Waals surface area contributed by atoms with Gasteiger partial charge in [0.25, 0.3) is 5.91 Å². The number of aromatic amines is 2. The molecule has 286 valence electrons. The van der Waals surface area contributed by atoms with Crippen LogP contribution in [-0.2, 0) is 4.79 Å². The summed E-state index contributed by atoms with van der Waals surface area (Å²) in [6.45, 7) is 1.40. The summed E-state index contributed by atoms with van der Waals surface area (Å²) >= 11 is 1.50. The minimum atomic E-state index is -0.343. The van der Waals surface area contributed by atoms with Crippen molar-refractivity contribution in [2.75, 3.05) is 27.2 Å². The lowest BCUT2D eigenvalue weighted by molar-refractivity contribution is -0.137. The van der Waals surface area contributed by atoms with Gasteiger partial charge in [-0.3, -0.25) is 14.5 Å². The van der Waals surface area contributed by atoms with Crippen LogP contribution in [0.25, 0.3) is 44.2 Å². The predicted octanol–water partition coefficient (Wildman–Crippen LogP) is 9.20. The zero-order valence-electron chi connectivity index (χ0n) is 32.0. The minimum Gasteiger partial charge on any atom is -0.340 e. The highest BCUT2D eigenvalue weighted by atomic mass is 32.1. The molecule has 0 saturated carbocycles. The molecule has 4 aromatic carbocycles. The quantitative estimate of drug-likeness (QED) is 0.143. The van der Waals surface area contributed by atoms with Crippen molar-refractivity contribution >= 4 is 23.2 Å². The van der Waals surface area contributed by atoms with Crippen molar-refractivity contribution in [2.24, 2.45) is 0 Å². The van der Waals surface area contributed by atoms with E-state index in [9.17, 15) is 9.59 Å². The molecule has 11 heteroatoms. The first-order valence-electron chi connectivity index (χ1n) is 19.6. The maximum Gasteiger partial charge on any atom is 0.273 e. The van der Waals surface area contributed by atoms with E-state index in [-0.39, 0.29) is 29.9 Å². The van der Waals surface area contributed by atoms with Gasteiger partial charge in [-0.1, -0.05) is 109 Å². The number of nitrogens with one attached hydrogen (secondary N) is 2. The topological polar surface area (TPSA) is 114 Å². The molecule has 0 unspecified atom stereocenters. The number of imidazole rings is 2. The Hall–Kier alpha value is -6.17. The molecule has 0 radical (unpaired) electrons. The molecule has 2 aliphatic heterocycles. The number of aromatic nitrogens is 5. The Morgan fingerprint density at radius 2 is 1.18 bits per heavy atom. The van der Waals surface area contributed by atoms with Gasteiger partial charge in [0, 0.05) is 24.0 Å². The molecule has 9 rings (SSSR count). The number of hydrogen-bond donors (Lipinski definition) is 2. The Bertz CT molecular complexity index is 2470. The molecule has 3 aromatic heterocycles. The van der Waals surface area contributed by atoms with E-state index in [1.165, 1.54) is 11.3 Å². The molecule has 0 aliphatic carbocycles. The highest BCUT2D eigenvalue weighted by molar-refractivity contribution is 7.13. The number of nitrogens with zero attached hydrogens (tertiary/aromatic N) is 6. The van der Waals surface area contributed by atoms with Gasteiger partial charge in [0.15, 0.2) is 0 Å². The normalized spacial score (nSPS) is 17.4. The molecule has 0 bridgehead atoms. The second kappa shape index (κ2) is 15.8. The van der Waals surface area contributed by atoms with E-state index in [1.54, 1.807) is 0 Å². The van der Waals surface area contributed by atoms with Crippen LogP contribution in [0.5, 0.6) is 0 Å². The van der Waals surface area contributed by atoms with Crippen molar-refractivity contribution in [3.05, 3.63) is 150 Å². The van der Waals surface area contributed by atoms with Gasteiger partial charge in [-0.15, -0.1) is 11.3 Å². The Morgan fingerprint density at radius 1 is 0.667 bits per heavy atom. The van der Waals surface area contributed by atoms with Crippen molar-refractivity contribution in [2.45, 2.75) is 43.8 Å². The molecule has 0 spiro atoms. The van der Waals surface area contributed by atoms with Crippen LogP contribution in [-0.4, -0.2) is 78.6 Å². The predicted molar refractivity (Wildman–Crippen MR) is 224 cm³/mol. The van der Waals surface area contributed by atoms with Crippen LogP contribution in [0.2, 0.25) is 0 Å². The van der Waals surface area contributed by atoms with Crippen LogP contribution < -0.4 is 0 Å². The van der Waals surface area contributed by atoms with Gasteiger partial charge < -0.3 is 19.8 Å². The average molecular weight is 773 g/mol. The number of thiazole rings is 1. The second-order valence-electron chi connectivity index (χ2n) is 15.0. The summed E-state index contributed by atoms with van der Waals surface area (Å²) in [4.78, 5) is 54.7. The van der Waals surface area contributed by atoms with Gasteiger partial charge in [-0.25, -0.2) is 15.0 Å². The Labute approximate surface area is 336 Å². The first kappa shape index (κ1) is 36.5. The number of likely N-dealkylation sites (tertiary alicyclic amines) is 2. The molecule has 2 saturated heterocycles. The monoisotopic (exact) mass is 772 g/mol. The maximum atomic E-state index is 13.9. The second-order valence-corrected chi connectivity index (χ2v) is 15.9. The van der Waals surface area contributed by atoms with Crippen molar-refractivity contribution in [3.63, 3.8) is 0 Å². The van der Waals surface area contributed by atoms with E-state index in [2.05, 4.69) is 63.5 Å². The lowest BCUT2D eigenvalue weighted by Gasteiger charge is -2.31. The van der Waals surface area contributed by atoms with Crippen LogP contribution in [0, 0.1) is 0 Å². The Balaban J connectivity index is 0.853. The molecule has 10 nitrogen and oxygen atoms in total. The summed E-state index contributed by atoms with van der Waals surface area (Å²) in [6.07, 6.45) is 7.34. The number of carbonyl (C=O) groups excluding carboxylic acids is 2. The fraction of sp³-hybridized carbons (Fsp3) is 0.239. The molecule has 3 atom stereocenters. The van der Waals surface area contributed by atoms with Crippen molar-refractivity contribution < 1.29 is 9.59 Å². The van der Waals surface area contributed by atoms with Gasteiger partial charge in [0.2, 0.25) is 5.91 Å². The zero-order valence-corrected chi connectivity index (χ0v) is 32.8. The highest BCUT2D eigenvalue weighted by Crippen LogP contribution is 2.37. The number of H-pyrrole nitrogens is 2. The zero-order chi connectivity index (χ0) is 38.9. The largest absolute Gasteiger partial charge is 0.340 e. The van der Waals surface area contributed by atoms with Gasteiger partial charge in [0.1, 0.15) is 28.4 Å². The summed E-state index contributed by atoms with van der Waals surface area (Å²) < 4.78 is 0. The van der Waals surface area contributed by atoms with Crippen LogP contribution in [0.1, 0.15) is 71.5 Å². The Kier molecular flexibility index (Phi) is 10.1. The summed E-state index contributed by atoms with van der Waals surface area (Å²) in [5.74, 6) is 1.68. The fourth-order valence-electron chi connectivity index (χ4n) is 8.29. The third-order valence-corrected chi connectivity index (χ3v) is 12.1. The van der Waals surface area contributed by atoms with E-state index in [0.717, 1.165) is 93.7 Å². The third kappa shape index (κ3) is 7.32. The van der Waals surface area contributed by atoms with Gasteiger partial charge in [-0.2, -0.15) is 0 Å². The summed E-state index contributed by atoms with van der Waals surface area (Å²) in [5, 5.41) is 2.71. The summed E-state index contributed by atoms with van der Waals surface area (Å²) in [5.41, 5.74) is 8.62. The van der Waals surface area contributed by atoms with E-state index < -0.39 is 0 Å². The lowest BCUT2D eigenvalue weighted by atomic mass is 10.0. The van der Waals surface area contributed by atoms with Crippen LogP contribution >= 0.6 is 11.3 Å². The fourth-order valence-corrected chi connectivity index (χ4v) is 9.09.